The van der Waals surface area contributed by atoms with Crippen molar-refractivity contribution in [1.29, 1.82) is 0 Å². The van der Waals surface area contributed by atoms with Gasteiger partial charge in [0.2, 0.25) is 5.89 Å². The average molecular weight is 293 g/mol. The molecule has 118 valence electrons. The van der Waals surface area contributed by atoms with E-state index in [1.54, 1.807) is 0 Å². The summed E-state index contributed by atoms with van der Waals surface area (Å²) in [4.78, 5) is 9.40. The minimum absolute atomic E-state index is 0.324. The second kappa shape index (κ2) is 6.75. The van der Waals surface area contributed by atoms with E-state index in [4.69, 9.17) is 4.52 Å². The molecule has 1 atom stereocenters. The lowest BCUT2D eigenvalue weighted by molar-refractivity contribution is 0.126. The first-order chi connectivity index (χ1) is 10.3. The molecule has 2 saturated heterocycles. The number of nitrogens with zero attached hydrogens (tertiary/aromatic N) is 4. The van der Waals surface area contributed by atoms with Gasteiger partial charge in [-0.05, 0) is 64.3 Å². The van der Waals surface area contributed by atoms with Gasteiger partial charge in [0.25, 0.3) is 5.95 Å². The fourth-order valence-electron chi connectivity index (χ4n) is 3.63. The molecule has 3 heterocycles. The fourth-order valence-corrected chi connectivity index (χ4v) is 3.63. The molecule has 0 amide bonds. The highest BCUT2D eigenvalue weighted by Crippen LogP contribution is 2.35. The molecule has 1 aromatic heterocycles. The van der Waals surface area contributed by atoms with Crippen molar-refractivity contribution >= 4 is 5.95 Å². The molecule has 0 radical (unpaired) electrons. The van der Waals surface area contributed by atoms with E-state index in [-0.39, 0.29) is 0 Å². The number of rotatable bonds is 5. The Morgan fingerprint density at radius 3 is 2.71 bits per heavy atom. The minimum atomic E-state index is 0.324. The monoisotopic (exact) mass is 293 g/mol. The Morgan fingerprint density at radius 2 is 2.00 bits per heavy atom. The lowest BCUT2D eigenvalue weighted by Crippen LogP contribution is -2.42. The average Bonchev–Trinajstić information content (AvgIpc) is 3.18. The fraction of sp³-hybridized carbons (Fsp3) is 0.867. The first kappa shape index (κ1) is 14.8. The molecule has 21 heavy (non-hydrogen) atoms. The van der Waals surface area contributed by atoms with Crippen molar-refractivity contribution in [1.82, 2.24) is 20.4 Å². The van der Waals surface area contributed by atoms with Gasteiger partial charge in [-0.1, -0.05) is 0 Å². The molecule has 2 aliphatic heterocycles. The summed E-state index contributed by atoms with van der Waals surface area (Å²) in [7, 11) is 0. The molecular formula is C15H27N5O. The molecule has 0 aromatic carbocycles. The van der Waals surface area contributed by atoms with Crippen molar-refractivity contribution in [3.63, 3.8) is 0 Å². The van der Waals surface area contributed by atoms with Crippen molar-refractivity contribution in [3.05, 3.63) is 5.89 Å². The van der Waals surface area contributed by atoms with Crippen LogP contribution in [0.25, 0.3) is 0 Å². The molecule has 3 rings (SSSR count). The molecule has 2 fully saturated rings. The zero-order valence-corrected chi connectivity index (χ0v) is 13.2. The van der Waals surface area contributed by atoms with Crippen LogP contribution in [0.3, 0.4) is 0 Å². The molecule has 6 heteroatoms. The molecule has 1 unspecified atom stereocenters. The maximum absolute atomic E-state index is 5.59. The number of piperidine rings is 1. The molecular weight excluding hydrogens is 266 g/mol. The minimum Gasteiger partial charge on any atom is -0.339 e. The molecule has 6 nitrogen and oxygen atoms in total. The molecule has 2 aliphatic rings. The molecule has 1 N–H and O–H groups in total. The predicted molar refractivity (Wildman–Crippen MR) is 82.4 cm³/mol. The van der Waals surface area contributed by atoms with Crippen LogP contribution < -0.4 is 10.2 Å². The SMILES string of the molecule is CCN(CC)c1noc(C2CCCN2C2CCNCC2)n1. The van der Waals surface area contributed by atoms with Crippen LogP contribution in [-0.2, 0) is 0 Å². The van der Waals surface area contributed by atoms with Crippen LogP contribution in [0.1, 0.15) is 51.5 Å². The van der Waals surface area contributed by atoms with Crippen molar-refractivity contribution < 1.29 is 4.52 Å². The van der Waals surface area contributed by atoms with E-state index in [2.05, 4.69) is 39.1 Å². The van der Waals surface area contributed by atoms with Crippen LogP contribution in [0.4, 0.5) is 5.95 Å². The van der Waals surface area contributed by atoms with Gasteiger partial charge >= 0.3 is 0 Å². The third kappa shape index (κ3) is 3.06. The zero-order chi connectivity index (χ0) is 14.7. The van der Waals surface area contributed by atoms with Crippen molar-refractivity contribution in [2.24, 2.45) is 0 Å². The van der Waals surface area contributed by atoms with Crippen LogP contribution >= 0.6 is 0 Å². The highest BCUT2D eigenvalue weighted by Gasteiger charge is 2.35. The summed E-state index contributed by atoms with van der Waals surface area (Å²) in [6.45, 7) is 9.49. The van der Waals surface area contributed by atoms with Gasteiger partial charge in [0, 0.05) is 19.1 Å². The molecule has 0 bridgehead atoms. The second-order valence-electron chi connectivity index (χ2n) is 5.98. The van der Waals surface area contributed by atoms with E-state index in [0.29, 0.717) is 12.1 Å². The highest BCUT2D eigenvalue weighted by molar-refractivity contribution is 5.27. The van der Waals surface area contributed by atoms with Gasteiger partial charge in [-0.3, -0.25) is 4.90 Å². The Balaban J connectivity index is 1.72. The van der Waals surface area contributed by atoms with Gasteiger partial charge in [0.1, 0.15) is 0 Å². The Bertz CT molecular complexity index is 439. The van der Waals surface area contributed by atoms with E-state index in [9.17, 15) is 0 Å². The standard InChI is InChI=1S/C15H27N5O/c1-3-19(4-2)15-17-14(21-18-15)13-6-5-11-20(13)12-7-9-16-10-8-12/h12-13,16H,3-11H2,1-2H3. The maximum Gasteiger partial charge on any atom is 0.266 e. The third-order valence-electron chi connectivity index (χ3n) is 4.83. The summed E-state index contributed by atoms with van der Waals surface area (Å²) in [6.07, 6.45) is 4.84. The van der Waals surface area contributed by atoms with Crippen molar-refractivity contribution in [3.8, 4) is 0 Å². The smallest absolute Gasteiger partial charge is 0.266 e. The summed E-state index contributed by atoms with van der Waals surface area (Å²) in [5.41, 5.74) is 0. The lowest BCUT2D eigenvalue weighted by Gasteiger charge is -2.34. The van der Waals surface area contributed by atoms with E-state index >= 15 is 0 Å². The number of anilines is 1. The predicted octanol–water partition coefficient (Wildman–Crippen LogP) is 1.80. The van der Waals surface area contributed by atoms with Crippen LogP contribution in [0, 0.1) is 0 Å². The first-order valence-corrected chi connectivity index (χ1v) is 8.38. The topological polar surface area (TPSA) is 57.4 Å². The van der Waals surface area contributed by atoms with Gasteiger partial charge in [0.15, 0.2) is 0 Å². The van der Waals surface area contributed by atoms with Crippen molar-refractivity contribution in [2.75, 3.05) is 37.6 Å². The molecule has 0 spiro atoms. The summed E-state index contributed by atoms with van der Waals surface area (Å²) >= 11 is 0. The first-order valence-electron chi connectivity index (χ1n) is 8.38. The Labute approximate surface area is 126 Å². The largest absolute Gasteiger partial charge is 0.339 e. The van der Waals surface area contributed by atoms with Crippen LogP contribution in [0.2, 0.25) is 0 Å². The van der Waals surface area contributed by atoms with Gasteiger partial charge in [-0.2, -0.15) is 4.98 Å². The number of hydrogen-bond acceptors (Lipinski definition) is 6. The third-order valence-corrected chi connectivity index (χ3v) is 4.83. The molecule has 0 saturated carbocycles. The number of hydrogen-bond donors (Lipinski definition) is 1. The van der Waals surface area contributed by atoms with E-state index < -0.39 is 0 Å². The van der Waals surface area contributed by atoms with Gasteiger partial charge in [0.05, 0.1) is 6.04 Å². The van der Waals surface area contributed by atoms with Crippen LogP contribution in [-0.4, -0.2) is 53.8 Å². The van der Waals surface area contributed by atoms with Gasteiger partial charge < -0.3 is 14.7 Å². The van der Waals surface area contributed by atoms with Crippen LogP contribution in [0.5, 0.6) is 0 Å². The summed E-state index contributed by atoms with van der Waals surface area (Å²) in [6, 6.07) is 0.993. The van der Waals surface area contributed by atoms with Gasteiger partial charge in [-0.25, -0.2) is 0 Å². The maximum atomic E-state index is 5.59. The summed E-state index contributed by atoms with van der Waals surface area (Å²) in [5, 5.41) is 7.63. The summed E-state index contributed by atoms with van der Waals surface area (Å²) in [5.74, 6) is 1.56. The number of nitrogens with one attached hydrogen (secondary N) is 1. The normalized spacial score (nSPS) is 24.6. The van der Waals surface area contributed by atoms with E-state index in [1.807, 2.05) is 0 Å². The number of aromatic nitrogens is 2. The molecule has 0 aliphatic carbocycles. The molecule has 1 aromatic rings. The quantitative estimate of drug-likeness (QED) is 0.893. The van der Waals surface area contributed by atoms with Gasteiger partial charge in [-0.15, -0.1) is 0 Å². The number of likely N-dealkylation sites (tertiary alicyclic amines) is 1. The van der Waals surface area contributed by atoms with E-state index in [0.717, 1.165) is 51.0 Å². The Kier molecular flexibility index (Phi) is 4.75. The highest BCUT2D eigenvalue weighted by atomic mass is 16.5. The van der Waals surface area contributed by atoms with E-state index in [1.165, 1.54) is 19.3 Å². The zero-order valence-electron chi connectivity index (χ0n) is 13.2. The van der Waals surface area contributed by atoms with Crippen molar-refractivity contribution in [2.45, 2.75) is 51.6 Å². The Morgan fingerprint density at radius 1 is 1.24 bits per heavy atom. The summed E-state index contributed by atoms with van der Waals surface area (Å²) < 4.78 is 5.59. The lowest BCUT2D eigenvalue weighted by atomic mass is 10.0. The van der Waals surface area contributed by atoms with Crippen LogP contribution in [0.15, 0.2) is 4.52 Å². The Hall–Kier alpha value is -1.14. The second-order valence-corrected chi connectivity index (χ2v) is 5.98.